The van der Waals surface area contributed by atoms with E-state index in [1.54, 1.807) is 30.1 Å². The molecule has 0 bridgehead atoms. The Hall–Kier alpha value is -3.19. The van der Waals surface area contributed by atoms with E-state index in [-0.39, 0.29) is 18.3 Å². The van der Waals surface area contributed by atoms with Crippen molar-refractivity contribution in [3.05, 3.63) is 90.7 Å². The first kappa shape index (κ1) is 24.0. The van der Waals surface area contributed by atoms with E-state index in [0.29, 0.717) is 10.7 Å². The number of hydrogen-bond acceptors (Lipinski definition) is 4. The minimum absolute atomic E-state index is 0.0415. The molecule has 0 aliphatic heterocycles. The van der Waals surface area contributed by atoms with Crippen LogP contribution in [-0.4, -0.2) is 38.2 Å². The fourth-order valence-electron chi connectivity index (χ4n) is 4.43. The molecule has 2 aromatic carbocycles. The zero-order valence-corrected chi connectivity index (χ0v) is 20.5. The Morgan fingerprint density at radius 3 is 2.44 bits per heavy atom. The van der Waals surface area contributed by atoms with Crippen LogP contribution in [0.25, 0.3) is 5.69 Å². The molecule has 1 amide bonds. The molecule has 0 saturated heterocycles. The lowest BCUT2D eigenvalue weighted by Gasteiger charge is -2.30. The number of benzene rings is 2. The summed E-state index contributed by atoms with van der Waals surface area (Å²) in [6, 6.07) is 12.7. The largest absolute Gasteiger partial charge is 0.352 e. The van der Waals surface area contributed by atoms with Crippen LogP contribution in [0.3, 0.4) is 0 Å². The first-order valence-corrected chi connectivity index (χ1v) is 12.0. The van der Waals surface area contributed by atoms with Gasteiger partial charge in [-0.3, -0.25) is 14.2 Å². The van der Waals surface area contributed by atoms with Gasteiger partial charge in [0.05, 0.1) is 12.2 Å². The van der Waals surface area contributed by atoms with Crippen molar-refractivity contribution in [3.63, 3.8) is 0 Å². The molecule has 0 radical (unpaired) electrons. The highest BCUT2D eigenvalue weighted by molar-refractivity contribution is 6.31. The maximum Gasteiger partial charge on any atom is 0.352 e. The molecule has 3 aromatic rings. The van der Waals surface area contributed by atoms with Gasteiger partial charge in [0.1, 0.15) is 0 Å². The molecule has 1 fully saturated rings. The van der Waals surface area contributed by atoms with Crippen molar-refractivity contribution in [2.75, 3.05) is 7.05 Å². The van der Waals surface area contributed by atoms with E-state index in [9.17, 15) is 14.4 Å². The van der Waals surface area contributed by atoms with Gasteiger partial charge in [0.15, 0.2) is 0 Å². The number of halogens is 1. The van der Waals surface area contributed by atoms with Gasteiger partial charge in [-0.1, -0.05) is 61.2 Å². The molecule has 1 heterocycles. The summed E-state index contributed by atoms with van der Waals surface area (Å²) in [5.41, 5.74) is 1.44. The fraction of sp³-hybridized carbons (Fsp3) is 0.385. The molecule has 1 aliphatic rings. The van der Waals surface area contributed by atoms with Crippen LogP contribution in [0.1, 0.15) is 59.3 Å². The van der Waals surface area contributed by atoms with E-state index in [4.69, 9.17) is 11.6 Å². The lowest BCUT2D eigenvalue weighted by Crippen LogP contribution is -2.48. The minimum Gasteiger partial charge on any atom is -0.337 e. The molecule has 34 heavy (non-hydrogen) atoms. The molecule has 4 rings (SSSR count). The van der Waals surface area contributed by atoms with Gasteiger partial charge >= 0.3 is 5.69 Å². The molecule has 0 atom stereocenters. The van der Waals surface area contributed by atoms with Crippen molar-refractivity contribution in [3.8, 4) is 5.69 Å². The third-order valence-corrected chi connectivity index (χ3v) is 7.10. The second kappa shape index (κ2) is 9.97. The number of amides is 1. The number of rotatable bonds is 5. The molecule has 0 spiro atoms. The van der Waals surface area contributed by atoms with Gasteiger partial charge in [-0.15, -0.1) is 0 Å². The topological polar surface area (TPSA) is 77.2 Å². The van der Waals surface area contributed by atoms with Gasteiger partial charge in [0.25, 0.3) is 11.5 Å². The summed E-state index contributed by atoms with van der Waals surface area (Å²) >= 11 is 6.31. The van der Waals surface area contributed by atoms with E-state index in [0.717, 1.165) is 58.0 Å². The van der Waals surface area contributed by atoms with Crippen molar-refractivity contribution in [1.29, 1.82) is 0 Å². The molecule has 7 nitrogen and oxygen atoms in total. The van der Waals surface area contributed by atoms with Crippen LogP contribution in [0, 0.1) is 13.8 Å². The Morgan fingerprint density at radius 1 is 1.06 bits per heavy atom. The Bertz CT molecular complexity index is 1340. The number of aryl methyl sites for hydroxylation is 2. The molecule has 178 valence electrons. The van der Waals surface area contributed by atoms with E-state index in [2.05, 4.69) is 5.10 Å². The smallest absolute Gasteiger partial charge is 0.337 e. The highest BCUT2D eigenvalue weighted by atomic mass is 35.5. The van der Waals surface area contributed by atoms with Gasteiger partial charge in [-0.25, -0.2) is 4.79 Å². The first-order valence-electron chi connectivity index (χ1n) is 11.6. The van der Waals surface area contributed by atoms with Crippen molar-refractivity contribution in [1.82, 2.24) is 19.2 Å². The number of aromatic nitrogens is 3. The van der Waals surface area contributed by atoms with Crippen molar-refractivity contribution < 1.29 is 4.79 Å². The number of hydrogen-bond donors (Lipinski definition) is 0. The molecular formula is C26H29ClN4O3. The summed E-state index contributed by atoms with van der Waals surface area (Å²) in [5, 5.41) is 4.74. The predicted octanol–water partition coefficient (Wildman–Crippen LogP) is 4.12. The minimum atomic E-state index is -0.685. The van der Waals surface area contributed by atoms with Gasteiger partial charge < -0.3 is 4.90 Å². The van der Waals surface area contributed by atoms with E-state index >= 15 is 0 Å². The summed E-state index contributed by atoms with van der Waals surface area (Å²) in [4.78, 5) is 42.0. The Labute approximate surface area is 203 Å². The monoisotopic (exact) mass is 480 g/mol. The quantitative estimate of drug-likeness (QED) is 0.550. The normalized spacial score (nSPS) is 14.2. The molecule has 1 aromatic heterocycles. The average Bonchev–Trinajstić information content (AvgIpc) is 2.84. The van der Waals surface area contributed by atoms with Crippen LogP contribution in [0.15, 0.2) is 52.1 Å². The molecule has 0 N–H and O–H groups in total. The van der Waals surface area contributed by atoms with Crippen molar-refractivity contribution >= 4 is 17.5 Å². The highest BCUT2D eigenvalue weighted by Crippen LogP contribution is 2.22. The lowest BCUT2D eigenvalue weighted by atomic mass is 9.94. The highest BCUT2D eigenvalue weighted by Gasteiger charge is 2.28. The Balaban J connectivity index is 1.87. The van der Waals surface area contributed by atoms with E-state index in [1.165, 1.54) is 0 Å². The van der Waals surface area contributed by atoms with Crippen LogP contribution in [-0.2, 0) is 6.54 Å². The van der Waals surface area contributed by atoms with Crippen LogP contribution in [0.2, 0.25) is 5.02 Å². The van der Waals surface area contributed by atoms with Crippen LogP contribution in [0.5, 0.6) is 0 Å². The van der Waals surface area contributed by atoms with E-state index in [1.807, 2.05) is 38.1 Å². The first-order chi connectivity index (χ1) is 16.3. The molecule has 1 saturated carbocycles. The zero-order chi connectivity index (χ0) is 24.4. The van der Waals surface area contributed by atoms with Gasteiger partial charge in [0.2, 0.25) is 5.69 Å². The average molecular weight is 481 g/mol. The molecule has 1 aliphatic carbocycles. The fourth-order valence-corrected chi connectivity index (χ4v) is 4.60. The maximum atomic E-state index is 13.5. The third-order valence-electron chi connectivity index (χ3n) is 6.69. The SMILES string of the molecule is Cc1ccc(-n2nc(C(=O)N(C)C3CCCCC3)c(=O)n(Cc3ccccc3C)c2=O)cc1Cl. The third kappa shape index (κ3) is 4.71. The van der Waals surface area contributed by atoms with Crippen molar-refractivity contribution in [2.45, 2.75) is 58.5 Å². The Kier molecular flexibility index (Phi) is 7.03. The summed E-state index contributed by atoms with van der Waals surface area (Å²) in [5.74, 6) is -0.470. The standard InChI is InChI=1S/C26H29ClN4O3/c1-17-9-7-8-10-19(17)16-30-25(33)23(24(32)29(3)20-11-5-4-6-12-20)28-31(26(30)34)21-14-13-18(2)22(27)15-21/h7-10,13-15,20H,4-6,11-12,16H2,1-3H3. The maximum absolute atomic E-state index is 13.5. The van der Waals surface area contributed by atoms with Gasteiger partial charge in [0, 0.05) is 18.1 Å². The summed E-state index contributed by atoms with van der Waals surface area (Å²) < 4.78 is 2.19. The second-order valence-electron chi connectivity index (χ2n) is 9.00. The number of carbonyl (C=O) groups excluding carboxylic acids is 1. The number of nitrogens with zero attached hydrogens (tertiary/aromatic N) is 4. The molecular weight excluding hydrogens is 452 g/mol. The second-order valence-corrected chi connectivity index (χ2v) is 9.41. The van der Waals surface area contributed by atoms with Crippen LogP contribution < -0.4 is 11.2 Å². The zero-order valence-electron chi connectivity index (χ0n) is 19.8. The van der Waals surface area contributed by atoms with Gasteiger partial charge in [-0.2, -0.15) is 9.78 Å². The van der Waals surface area contributed by atoms with E-state index < -0.39 is 17.2 Å². The molecule has 0 unspecified atom stereocenters. The number of carbonyl (C=O) groups is 1. The predicted molar refractivity (Wildman–Crippen MR) is 133 cm³/mol. The van der Waals surface area contributed by atoms with Crippen LogP contribution >= 0.6 is 11.6 Å². The summed E-state index contributed by atoms with van der Waals surface area (Å²) in [7, 11) is 1.71. The van der Waals surface area contributed by atoms with Crippen LogP contribution in [0.4, 0.5) is 0 Å². The van der Waals surface area contributed by atoms with Gasteiger partial charge in [-0.05, 0) is 55.5 Å². The molecule has 8 heteroatoms. The lowest BCUT2D eigenvalue weighted by molar-refractivity contribution is 0.0684. The summed E-state index contributed by atoms with van der Waals surface area (Å²) in [6.07, 6.45) is 5.04. The van der Waals surface area contributed by atoms with Crippen molar-refractivity contribution in [2.24, 2.45) is 0 Å². The summed E-state index contributed by atoms with van der Waals surface area (Å²) in [6.45, 7) is 3.82. The Morgan fingerprint density at radius 2 is 1.76 bits per heavy atom.